The summed E-state index contributed by atoms with van der Waals surface area (Å²) in [5, 5.41) is 3.74. The first-order valence-electron chi connectivity index (χ1n) is 3.94. The molecule has 0 aromatic heterocycles. The van der Waals surface area contributed by atoms with Crippen molar-refractivity contribution < 1.29 is 8.78 Å². The summed E-state index contributed by atoms with van der Waals surface area (Å²) >= 11 is 1.52. The number of thioether (sulfide) groups is 1. The molecule has 0 saturated carbocycles. The van der Waals surface area contributed by atoms with Crippen LogP contribution in [0.2, 0.25) is 0 Å². The number of alkyl halides is 2. The standard InChI is InChI=1S/C7H12F2N2S/c1-2-5-4-12-7(11-5)10-3-6(8)9/h5-6H,2-4H2,1H3,(H,10,11). The van der Waals surface area contributed by atoms with Crippen molar-refractivity contribution in [3.63, 3.8) is 0 Å². The van der Waals surface area contributed by atoms with E-state index >= 15 is 0 Å². The van der Waals surface area contributed by atoms with Crippen LogP contribution in [0.5, 0.6) is 0 Å². The van der Waals surface area contributed by atoms with Gasteiger partial charge in [0.25, 0.3) is 6.43 Å². The van der Waals surface area contributed by atoms with Crippen LogP contribution < -0.4 is 5.32 Å². The smallest absolute Gasteiger partial charge is 0.257 e. The molecule has 0 aromatic carbocycles. The summed E-state index contributed by atoms with van der Waals surface area (Å²) < 4.78 is 23.4. The molecule has 0 bridgehead atoms. The zero-order valence-corrected chi connectivity index (χ0v) is 7.70. The third-order valence-corrected chi connectivity index (χ3v) is 2.70. The van der Waals surface area contributed by atoms with E-state index in [0.29, 0.717) is 11.2 Å². The lowest BCUT2D eigenvalue weighted by atomic mass is 10.3. The zero-order valence-electron chi connectivity index (χ0n) is 6.89. The Morgan fingerprint density at radius 3 is 3.00 bits per heavy atom. The molecule has 0 aromatic rings. The van der Waals surface area contributed by atoms with Crippen LogP contribution in [0.1, 0.15) is 13.3 Å². The molecule has 1 fully saturated rings. The Hall–Kier alpha value is -0.320. The molecule has 1 unspecified atom stereocenters. The maximum absolute atomic E-state index is 11.7. The van der Waals surface area contributed by atoms with Gasteiger partial charge in [0.1, 0.15) is 6.54 Å². The van der Waals surface area contributed by atoms with Crippen LogP contribution in [0.25, 0.3) is 0 Å². The van der Waals surface area contributed by atoms with E-state index in [-0.39, 0.29) is 6.54 Å². The lowest BCUT2D eigenvalue weighted by Gasteiger charge is -2.04. The molecular weight excluding hydrogens is 182 g/mol. The topological polar surface area (TPSA) is 24.4 Å². The lowest BCUT2D eigenvalue weighted by molar-refractivity contribution is 0.159. The van der Waals surface area contributed by atoms with Crippen LogP contribution in [-0.4, -0.2) is 29.9 Å². The van der Waals surface area contributed by atoms with Crippen molar-refractivity contribution in [3.8, 4) is 0 Å². The van der Waals surface area contributed by atoms with Gasteiger partial charge in [-0.05, 0) is 6.42 Å². The van der Waals surface area contributed by atoms with E-state index in [4.69, 9.17) is 0 Å². The molecule has 0 radical (unpaired) electrons. The van der Waals surface area contributed by atoms with Gasteiger partial charge in [0, 0.05) is 11.8 Å². The van der Waals surface area contributed by atoms with Gasteiger partial charge in [0.05, 0.1) is 0 Å². The maximum Gasteiger partial charge on any atom is 0.257 e. The second-order valence-electron chi connectivity index (χ2n) is 2.60. The Labute approximate surface area is 74.8 Å². The molecule has 1 N–H and O–H groups in total. The molecule has 2 nitrogen and oxygen atoms in total. The molecule has 1 aliphatic rings. The van der Waals surface area contributed by atoms with Crippen LogP contribution in [0.15, 0.2) is 4.99 Å². The highest BCUT2D eigenvalue weighted by molar-refractivity contribution is 8.14. The van der Waals surface area contributed by atoms with Crippen molar-refractivity contribution >= 4 is 16.9 Å². The molecule has 1 aliphatic heterocycles. The largest absolute Gasteiger partial charge is 0.361 e. The van der Waals surface area contributed by atoms with Crippen molar-refractivity contribution in [2.24, 2.45) is 4.99 Å². The Balaban J connectivity index is 2.30. The van der Waals surface area contributed by atoms with Crippen molar-refractivity contribution in [1.29, 1.82) is 0 Å². The van der Waals surface area contributed by atoms with E-state index in [1.165, 1.54) is 11.8 Å². The summed E-state index contributed by atoms with van der Waals surface area (Å²) in [7, 11) is 0. The average Bonchev–Trinajstić information content (AvgIpc) is 2.48. The molecule has 1 saturated heterocycles. The second-order valence-corrected chi connectivity index (χ2v) is 3.61. The monoisotopic (exact) mass is 194 g/mol. The van der Waals surface area contributed by atoms with Crippen LogP contribution in [0.3, 0.4) is 0 Å². The molecule has 0 amide bonds. The molecule has 0 aliphatic carbocycles. The molecule has 1 heterocycles. The number of aliphatic imine (C=N–C) groups is 1. The molecule has 1 atom stereocenters. The van der Waals surface area contributed by atoms with Crippen molar-refractivity contribution in [2.75, 3.05) is 12.3 Å². The lowest BCUT2D eigenvalue weighted by Crippen LogP contribution is -2.26. The molecule has 0 spiro atoms. The van der Waals surface area contributed by atoms with Gasteiger partial charge < -0.3 is 5.32 Å². The molecular formula is C7H12F2N2S. The first-order valence-corrected chi connectivity index (χ1v) is 4.93. The second kappa shape index (κ2) is 4.64. The Kier molecular flexibility index (Phi) is 3.78. The van der Waals surface area contributed by atoms with Gasteiger partial charge in [0.2, 0.25) is 0 Å². The van der Waals surface area contributed by atoms with Gasteiger partial charge in [-0.1, -0.05) is 18.7 Å². The fourth-order valence-electron chi connectivity index (χ4n) is 0.901. The number of amidine groups is 1. The van der Waals surface area contributed by atoms with Crippen molar-refractivity contribution in [1.82, 2.24) is 5.32 Å². The van der Waals surface area contributed by atoms with E-state index in [2.05, 4.69) is 17.2 Å². The molecule has 1 rings (SSSR count). The normalized spacial score (nSPS) is 26.7. The average molecular weight is 194 g/mol. The number of halogens is 2. The summed E-state index contributed by atoms with van der Waals surface area (Å²) in [4.78, 5) is 3.74. The first-order chi connectivity index (χ1) is 5.72. The van der Waals surface area contributed by atoms with Crippen molar-refractivity contribution in [2.45, 2.75) is 25.8 Å². The molecule has 5 heteroatoms. The van der Waals surface area contributed by atoms with Gasteiger partial charge in [-0.2, -0.15) is 0 Å². The number of hydrogen-bond acceptors (Lipinski definition) is 2. The third-order valence-electron chi connectivity index (χ3n) is 1.61. The predicted octanol–water partition coefficient (Wildman–Crippen LogP) is 1.72. The number of hydrogen-bond donors (Lipinski definition) is 1. The summed E-state index contributed by atoms with van der Waals surface area (Å²) in [5.41, 5.74) is 0. The highest BCUT2D eigenvalue weighted by Gasteiger charge is 2.18. The quantitative estimate of drug-likeness (QED) is 0.739. The number of rotatable bonds is 3. The minimum absolute atomic E-state index is 0.383. The summed E-state index contributed by atoms with van der Waals surface area (Å²) in [6, 6.07) is 0.409. The summed E-state index contributed by atoms with van der Waals surface area (Å²) in [5.74, 6) is 0.943. The maximum atomic E-state index is 11.7. The highest BCUT2D eigenvalue weighted by Crippen LogP contribution is 2.15. The van der Waals surface area contributed by atoms with E-state index in [9.17, 15) is 8.78 Å². The van der Waals surface area contributed by atoms with Gasteiger partial charge in [0.15, 0.2) is 5.17 Å². The fourth-order valence-corrected chi connectivity index (χ4v) is 1.99. The molecule has 70 valence electrons. The minimum Gasteiger partial charge on any atom is -0.361 e. The van der Waals surface area contributed by atoms with Gasteiger partial charge in [-0.15, -0.1) is 0 Å². The van der Waals surface area contributed by atoms with Crippen LogP contribution in [0, 0.1) is 0 Å². The van der Waals surface area contributed by atoms with Crippen molar-refractivity contribution in [3.05, 3.63) is 0 Å². The zero-order chi connectivity index (χ0) is 8.97. The van der Waals surface area contributed by atoms with E-state index in [0.717, 1.165) is 12.2 Å². The van der Waals surface area contributed by atoms with Crippen LogP contribution in [0.4, 0.5) is 8.78 Å². The Bertz CT molecular complexity index is 173. The predicted molar refractivity (Wildman–Crippen MR) is 48.0 cm³/mol. The van der Waals surface area contributed by atoms with Gasteiger partial charge in [-0.3, -0.25) is 4.99 Å². The first kappa shape index (κ1) is 9.77. The van der Waals surface area contributed by atoms with Crippen LogP contribution >= 0.6 is 11.8 Å². The van der Waals surface area contributed by atoms with Crippen LogP contribution in [-0.2, 0) is 0 Å². The Morgan fingerprint density at radius 2 is 2.50 bits per heavy atom. The third kappa shape index (κ3) is 2.97. The minimum atomic E-state index is -2.33. The number of nitrogens with one attached hydrogen (secondary N) is 1. The Morgan fingerprint density at radius 1 is 1.75 bits per heavy atom. The van der Waals surface area contributed by atoms with Gasteiger partial charge >= 0.3 is 0 Å². The van der Waals surface area contributed by atoms with E-state index in [1.54, 1.807) is 0 Å². The number of nitrogens with zero attached hydrogens (tertiary/aromatic N) is 1. The SMILES string of the molecule is CCC1CSC(=NCC(F)F)N1. The fraction of sp³-hybridized carbons (Fsp3) is 0.857. The summed E-state index contributed by atoms with van der Waals surface area (Å²) in [6.07, 6.45) is -1.32. The molecule has 12 heavy (non-hydrogen) atoms. The van der Waals surface area contributed by atoms with E-state index < -0.39 is 6.43 Å². The summed E-state index contributed by atoms with van der Waals surface area (Å²) in [6.45, 7) is 1.68. The highest BCUT2D eigenvalue weighted by atomic mass is 32.2. The van der Waals surface area contributed by atoms with Gasteiger partial charge in [-0.25, -0.2) is 8.78 Å². The van der Waals surface area contributed by atoms with E-state index in [1.807, 2.05) is 0 Å².